The van der Waals surface area contributed by atoms with Crippen molar-refractivity contribution in [3.63, 3.8) is 0 Å². The molecule has 0 fully saturated rings. The van der Waals surface area contributed by atoms with Crippen LogP contribution in [0.15, 0.2) is 52.0 Å². The maximum Gasteiger partial charge on any atom is 0.259 e. The average molecular weight is 378 g/mol. The van der Waals surface area contributed by atoms with Gasteiger partial charge in [-0.3, -0.25) is 4.79 Å². The Labute approximate surface area is 142 Å². The van der Waals surface area contributed by atoms with Crippen molar-refractivity contribution in [2.24, 2.45) is 5.10 Å². The first-order valence-corrected chi connectivity index (χ1v) is 7.56. The molecule has 0 aliphatic rings. The molecular weight excluding hydrogens is 362 g/mol. The van der Waals surface area contributed by atoms with Crippen LogP contribution in [0.25, 0.3) is 0 Å². The van der Waals surface area contributed by atoms with E-state index < -0.39 is 0 Å². The third-order valence-electron chi connectivity index (χ3n) is 2.91. The SMILES string of the molecule is COc1cccc(NCC(=O)N/N=C/c2cc(Br)ccc2O)c1. The fraction of sp³-hybridized carbons (Fsp3) is 0.125. The van der Waals surface area contributed by atoms with Crippen LogP contribution in [0.2, 0.25) is 0 Å². The number of hydrazone groups is 1. The summed E-state index contributed by atoms with van der Waals surface area (Å²) < 4.78 is 5.91. The molecule has 0 spiro atoms. The molecule has 0 saturated carbocycles. The van der Waals surface area contributed by atoms with Crippen LogP contribution in [0.1, 0.15) is 5.56 Å². The first-order chi connectivity index (χ1) is 11.1. The van der Waals surface area contributed by atoms with E-state index in [1.807, 2.05) is 18.2 Å². The van der Waals surface area contributed by atoms with Gasteiger partial charge in [0.25, 0.3) is 5.91 Å². The molecule has 1 amide bonds. The summed E-state index contributed by atoms with van der Waals surface area (Å²) in [6.07, 6.45) is 1.38. The lowest BCUT2D eigenvalue weighted by Gasteiger charge is -2.07. The number of anilines is 1. The highest BCUT2D eigenvalue weighted by molar-refractivity contribution is 9.10. The van der Waals surface area contributed by atoms with Gasteiger partial charge in [-0.15, -0.1) is 0 Å². The van der Waals surface area contributed by atoms with Crippen molar-refractivity contribution in [1.29, 1.82) is 0 Å². The van der Waals surface area contributed by atoms with Gasteiger partial charge in [-0.05, 0) is 30.3 Å². The van der Waals surface area contributed by atoms with Crippen LogP contribution in [0.3, 0.4) is 0 Å². The van der Waals surface area contributed by atoms with Crippen molar-refractivity contribution in [1.82, 2.24) is 5.43 Å². The number of hydrogen-bond donors (Lipinski definition) is 3. The topological polar surface area (TPSA) is 83.0 Å². The number of phenols is 1. The lowest BCUT2D eigenvalue weighted by Crippen LogP contribution is -2.25. The lowest BCUT2D eigenvalue weighted by molar-refractivity contribution is -0.119. The van der Waals surface area contributed by atoms with E-state index in [0.29, 0.717) is 11.3 Å². The molecule has 23 heavy (non-hydrogen) atoms. The molecule has 6 nitrogen and oxygen atoms in total. The molecule has 0 radical (unpaired) electrons. The van der Waals surface area contributed by atoms with E-state index in [1.165, 1.54) is 12.3 Å². The summed E-state index contributed by atoms with van der Waals surface area (Å²) in [6, 6.07) is 12.2. The number of carbonyl (C=O) groups is 1. The largest absolute Gasteiger partial charge is 0.507 e. The minimum absolute atomic E-state index is 0.0645. The van der Waals surface area contributed by atoms with Crippen molar-refractivity contribution >= 4 is 33.7 Å². The van der Waals surface area contributed by atoms with E-state index in [-0.39, 0.29) is 18.2 Å². The molecule has 2 aromatic carbocycles. The van der Waals surface area contributed by atoms with E-state index >= 15 is 0 Å². The Hall–Kier alpha value is -2.54. The standard InChI is InChI=1S/C16H16BrN3O3/c1-23-14-4-2-3-13(8-14)18-10-16(22)20-19-9-11-7-12(17)5-6-15(11)21/h2-9,18,21H,10H2,1H3,(H,20,22)/b19-9+. The first-order valence-electron chi connectivity index (χ1n) is 6.77. The minimum atomic E-state index is -0.307. The van der Waals surface area contributed by atoms with Crippen molar-refractivity contribution in [3.8, 4) is 11.5 Å². The molecule has 0 bridgehead atoms. The van der Waals surface area contributed by atoms with E-state index in [2.05, 4.69) is 31.8 Å². The summed E-state index contributed by atoms with van der Waals surface area (Å²) in [5.74, 6) is 0.484. The van der Waals surface area contributed by atoms with Gasteiger partial charge in [0.15, 0.2) is 0 Å². The normalized spacial score (nSPS) is 10.5. The van der Waals surface area contributed by atoms with Gasteiger partial charge in [-0.25, -0.2) is 5.43 Å². The number of methoxy groups -OCH3 is 1. The second-order valence-electron chi connectivity index (χ2n) is 4.58. The Balaban J connectivity index is 1.85. The molecule has 0 aliphatic heterocycles. The summed E-state index contributed by atoms with van der Waals surface area (Å²) >= 11 is 3.30. The fourth-order valence-corrected chi connectivity index (χ4v) is 2.14. The number of rotatable bonds is 6. The Kier molecular flexibility index (Phi) is 5.99. The summed E-state index contributed by atoms with van der Waals surface area (Å²) in [7, 11) is 1.58. The second kappa shape index (κ2) is 8.19. The van der Waals surface area contributed by atoms with Crippen LogP contribution >= 0.6 is 15.9 Å². The van der Waals surface area contributed by atoms with Crippen LogP contribution in [0.4, 0.5) is 5.69 Å². The molecule has 0 saturated heterocycles. The van der Waals surface area contributed by atoms with Crippen molar-refractivity contribution in [2.45, 2.75) is 0 Å². The Morgan fingerprint density at radius 1 is 1.35 bits per heavy atom. The Morgan fingerprint density at radius 3 is 2.96 bits per heavy atom. The Morgan fingerprint density at radius 2 is 2.17 bits per heavy atom. The van der Waals surface area contributed by atoms with Crippen molar-refractivity contribution in [2.75, 3.05) is 19.0 Å². The lowest BCUT2D eigenvalue weighted by atomic mass is 10.2. The van der Waals surface area contributed by atoms with Crippen LogP contribution < -0.4 is 15.5 Å². The smallest absolute Gasteiger partial charge is 0.259 e. The third-order valence-corrected chi connectivity index (χ3v) is 3.40. The summed E-state index contributed by atoms with van der Waals surface area (Å²) in [4.78, 5) is 11.7. The molecule has 2 rings (SSSR count). The number of phenolic OH excluding ortho intramolecular Hbond substituents is 1. The molecule has 0 aromatic heterocycles. The van der Waals surface area contributed by atoms with Crippen LogP contribution in [0, 0.1) is 0 Å². The van der Waals surface area contributed by atoms with Gasteiger partial charge in [0, 0.05) is 21.8 Å². The summed E-state index contributed by atoms with van der Waals surface area (Å²) in [5, 5.41) is 16.4. The average Bonchev–Trinajstić information content (AvgIpc) is 2.56. The highest BCUT2D eigenvalue weighted by Crippen LogP contribution is 2.20. The number of hydrogen-bond acceptors (Lipinski definition) is 5. The van der Waals surface area contributed by atoms with E-state index in [1.54, 1.807) is 25.3 Å². The summed E-state index contributed by atoms with van der Waals surface area (Å²) in [5.41, 5.74) is 3.66. The zero-order chi connectivity index (χ0) is 16.7. The number of nitrogens with one attached hydrogen (secondary N) is 2. The van der Waals surface area contributed by atoms with Gasteiger partial charge in [-0.2, -0.15) is 5.10 Å². The molecule has 0 heterocycles. The number of nitrogens with zero attached hydrogens (tertiary/aromatic N) is 1. The third kappa shape index (κ3) is 5.30. The summed E-state index contributed by atoms with van der Waals surface area (Å²) in [6.45, 7) is 0.0645. The molecule has 120 valence electrons. The van der Waals surface area contributed by atoms with Crippen LogP contribution in [-0.2, 0) is 4.79 Å². The zero-order valence-electron chi connectivity index (χ0n) is 12.4. The minimum Gasteiger partial charge on any atom is -0.507 e. The number of aromatic hydroxyl groups is 1. The van der Waals surface area contributed by atoms with Gasteiger partial charge in [0.1, 0.15) is 11.5 Å². The molecule has 0 unspecified atom stereocenters. The van der Waals surface area contributed by atoms with Gasteiger partial charge < -0.3 is 15.2 Å². The molecule has 2 aromatic rings. The van der Waals surface area contributed by atoms with Gasteiger partial charge in [0.05, 0.1) is 19.9 Å². The molecule has 7 heteroatoms. The van der Waals surface area contributed by atoms with Crippen molar-refractivity contribution < 1.29 is 14.6 Å². The van der Waals surface area contributed by atoms with E-state index in [4.69, 9.17) is 4.74 Å². The first kappa shape index (κ1) is 16.8. The van der Waals surface area contributed by atoms with Crippen LogP contribution in [0.5, 0.6) is 11.5 Å². The zero-order valence-corrected chi connectivity index (χ0v) is 14.0. The van der Waals surface area contributed by atoms with E-state index in [0.717, 1.165) is 10.2 Å². The maximum absolute atomic E-state index is 11.7. The van der Waals surface area contributed by atoms with E-state index in [9.17, 15) is 9.90 Å². The highest BCUT2D eigenvalue weighted by Gasteiger charge is 2.02. The number of benzene rings is 2. The fourth-order valence-electron chi connectivity index (χ4n) is 1.76. The number of halogens is 1. The molecule has 0 atom stereocenters. The number of carbonyl (C=O) groups excluding carboxylic acids is 1. The Bertz CT molecular complexity index is 719. The molecule has 0 aliphatic carbocycles. The number of ether oxygens (including phenoxy) is 1. The molecule has 3 N–H and O–H groups in total. The quantitative estimate of drug-likeness (QED) is 0.533. The number of amides is 1. The molecular formula is C16H16BrN3O3. The van der Waals surface area contributed by atoms with Crippen molar-refractivity contribution in [3.05, 3.63) is 52.5 Å². The predicted molar refractivity (Wildman–Crippen MR) is 93.0 cm³/mol. The van der Waals surface area contributed by atoms with Gasteiger partial charge >= 0.3 is 0 Å². The second-order valence-corrected chi connectivity index (χ2v) is 5.50. The monoisotopic (exact) mass is 377 g/mol. The van der Waals surface area contributed by atoms with Gasteiger partial charge in [-0.1, -0.05) is 22.0 Å². The van der Waals surface area contributed by atoms with Gasteiger partial charge in [0.2, 0.25) is 0 Å². The highest BCUT2D eigenvalue weighted by atomic mass is 79.9. The maximum atomic E-state index is 11.7. The van der Waals surface area contributed by atoms with Crippen LogP contribution in [-0.4, -0.2) is 30.9 Å². The predicted octanol–water partition coefficient (Wildman–Crippen LogP) is 2.73.